The topological polar surface area (TPSA) is 68.0 Å². The highest BCUT2D eigenvalue weighted by Crippen LogP contribution is 2.20. The standard InChI is InChI=1S/C8H13N3O2/c1-8(2,7(12)13)4-6-9-5-10-11(6)3/h5H,4H2,1-3H3,(H,12,13). The van der Waals surface area contributed by atoms with E-state index in [0.717, 1.165) is 0 Å². The van der Waals surface area contributed by atoms with Gasteiger partial charge in [0.25, 0.3) is 0 Å². The highest BCUT2D eigenvalue weighted by atomic mass is 16.4. The van der Waals surface area contributed by atoms with Gasteiger partial charge in [-0.15, -0.1) is 0 Å². The highest BCUT2D eigenvalue weighted by Gasteiger charge is 2.29. The van der Waals surface area contributed by atoms with Gasteiger partial charge in [-0.3, -0.25) is 9.48 Å². The molecule has 5 nitrogen and oxygen atoms in total. The van der Waals surface area contributed by atoms with Gasteiger partial charge in [0.15, 0.2) is 0 Å². The smallest absolute Gasteiger partial charge is 0.309 e. The Morgan fingerprint density at radius 3 is 2.69 bits per heavy atom. The first-order chi connectivity index (χ1) is 5.93. The summed E-state index contributed by atoms with van der Waals surface area (Å²) in [6.45, 7) is 3.34. The average molecular weight is 183 g/mol. The van der Waals surface area contributed by atoms with Crippen molar-refractivity contribution in [3.05, 3.63) is 12.2 Å². The van der Waals surface area contributed by atoms with Crippen molar-refractivity contribution in [1.29, 1.82) is 0 Å². The summed E-state index contributed by atoms with van der Waals surface area (Å²) in [6.07, 6.45) is 1.81. The molecule has 5 heteroatoms. The van der Waals surface area contributed by atoms with Crippen molar-refractivity contribution >= 4 is 5.97 Å². The first-order valence-corrected chi connectivity index (χ1v) is 4.00. The van der Waals surface area contributed by atoms with E-state index in [1.54, 1.807) is 25.6 Å². The van der Waals surface area contributed by atoms with Crippen molar-refractivity contribution in [2.45, 2.75) is 20.3 Å². The summed E-state index contributed by atoms with van der Waals surface area (Å²) in [5.74, 6) is -0.136. The number of rotatable bonds is 3. The van der Waals surface area contributed by atoms with Crippen molar-refractivity contribution in [1.82, 2.24) is 14.8 Å². The van der Waals surface area contributed by atoms with Crippen LogP contribution in [-0.4, -0.2) is 25.8 Å². The molecule has 0 radical (unpaired) electrons. The molecule has 0 fully saturated rings. The van der Waals surface area contributed by atoms with Gasteiger partial charge in [-0.2, -0.15) is 5.10 Å². The van der Waals surface area contributed by atoms with Crippen LogP contribution in [0.25, 0.3) is 0 Å². The number of carboxylic acid groups (broad SMARTS) is 1. The van der Waals surface area contributed by atoms with Gasteiger partial charge in [-0.25, -0.2) is 4.98 Å². The predicted octanol–water partition coefficient (Wildman–Crippen LogP) is 0.468. The second-order valence-electron chi connectivity index (χ2n) is 3.67. The zero-order chi connectivity index (χ0) is 10.1. The van der Waals surface area contributed by atoms with Gasteiger partial charge in [0.2, 0.25) is 0 Å². The lowest BCUT2D eigenvalue weighted by Gasteiger charge is -2.17. The molecule has 0 atom stereocenters. The van der Waals surface area contributed by atoms with Crippen LogP contribution in [0.3, 0.4) is 0 Å². The number of aryl methyl sites for hydroxylation is 1. The van der Waals surface area contributed by atoms with Gasteiger partial charge in [0, 0.05) is 13.5 Å². The van der Waals surface area contributed by atoms with E-state index >= 15 is 0 Å². The van der Waals surface area contributed by atoms with E-state index in [0.29, 0.717) is 12.2 Å². The summed E-state index contributed by atoms with van der Waals surface area (Å²) >= 11 is 0. The van der Waals surface area contributed by atoms with Gasteiger partial charge >= 0.3 is 5.97 Å². The van der Waals surface area contributed by atoms with E-state index in [4.69, 9.17) is 5.11 Å². The molecule has 0 unspecified atom stereocenters. The van der Waals surface area contributed by atoms with Gasteiger partial charge in [0.05, 0.1) is 5.41 Å². The third-order valence-electron chi connectivity index (χ3n) is 1.98. The molecule has 13 heavy (non-hydrogen) atoms. The molecule has 0 aliphatic rings. The lowest BCUT2D eigenvalue weighted by atomic mass is 9.89. The van der Waals surface area contributed by atoms with Gasteiger partial charge < -0.3 is 5.11 Å². The Balaban J connectivity index is 2.80. The molecule has 1 aromatic heterocycles. The van der Waals surface area contributed by atoms with Crippen molar-refractivity contribution in [3.8, 4) is 0 Å². The number of hydrogen-bond donors (Lipinski definition) is 1. The Hall–Kier alpha value is -1.39. The normalized spacial score (nSPS) is 11.6. The number of carboxylic acids is 1. The Labute approximate surface area is 76.4 Å². The van der Waals surface area contributed by atoms with E-state index in [9.17, 15) is 4.79 Å². The van der Waals surface area contributed by atoms with E-state index in [1.807, 2.05) is 0 Å². The first kappa shape index (κ1) is 9.70. The number of aliphatic carboxylic acids is 1. The van der Waals surface area contributed by atoms with E-state index in [2.05, 4.69) is 10.1 Å². The molecule has 1 heterocycles. The molecule has 1 N–H and O–H groups in total. The lowest BCUT2D eigenvalue weighted by molar-refractivity contribution is -0.146. The second-order valence-corrected chi connectivity index (χ2v) is 3.67. The molecule has 0 saturated carbocycles. The maximum absolute atomic E-state index is 10.8. The fraction of sp³-hybridized carbons (Fsp3) is 0.625. The Morgan fingerprint density at radius 2 is 2.31 bits per heavy atom. The molecule has 0 bridgehead atoms. The molecule has 0 amide bonds. The third kappa shape index (κ3) is 2.05. The summed E-state index contributed by atoms with van der Waals surface area (Å²) in [5, 5.41) is 12.7. The minimum atomic E-state index is -0.824. The summed E-state index contributed by atoms with van der Waals surface area (Å²) < 4.78 is 1.59. The van der Waals surface area contributed by atoms with Crippen molar-refractivity contribution < 1.29 is 9.90 Å². The molecule has 1 aromatic rings. The summed E-state index contributed by atoms with van der Waals surface area (Å²) in [6, 6.07) is 0. The van der Waals surface area contributed by atoms with Crippen LogP contribution >= 0.6 is 0 Å². The van der Waals surface area contributed by atoms with Crippen LogP contribution in [0.2, 0.25) is 0 Å². The molecule has 1 rings (SSSR count). The lowest BCUT2D eigenvalue weighted by Crippen LogP contribution is -2.27. The van der Waals surface area contributed by atoms with E-state index in [1.165, 1.54) is 6.33 Å². The van der Waals surface area contributed by atoms with E-state index in [-0.39, 0.29) is 0 Å². The minimum absolute atomic E-state index is 0.388. The monoisotopic (exact) mass is 183 g/mol. The van der Waals surface area contributed by atoms with Crippen LogP contribution in [0.4, 0.5) is 0 Å². The van der Waals surface area contributed by atoms with Crippen LogP contribution in [0, 0.1) is 5.41 Å². The molecule has 0 aromatic carbocycles. The van der Waals surface area contributed by atoms with Crippen LogP contribution in [0.15, 0.2) is 6.33 Å². The quantitative estimate of drug-likeness (QED) is 0.739. The zero-order valence-corrected chi connectivity index (χ0v) is 7.98. The van der Waals surface area contributed by atoms with E-state index < -0.39 is 11.4 Å². The van der Waals surface area contributed by atoms with Gasteiger partial charge in [-0.1, -0.05) is 0 Å². The fourth-order valence-corrected chi connectivity index (χ4v) is 0.951. The van der Waals surface area contributed by atoms with Gasteiger partial charge in [-0.05, 0) is 13.8 Å². The Kier molecular flexibility index (Phi) is 2.36. The second kappa shape index (κ2) is 3.16. The van der Waals surface area contributed by atoms with Crippen LogP contribution in [0.1, 0.15) is 19.7 Å². The first-order valence-electron chi connectivity index (χ1n) is 4.00. The molecular formula is C8H13N3O2. The number of aromatic nitrogens is 3. The minimum Gasteiger partial charge on any atom is -0.481 e. The summed E-state index contributed by atoms with van der Waals surface area (Å²) in [5.41, 5.74) is -0.791. The molecule has 72 valence electrons. The van der Waals surface area contributed by atoms with Crippen LogP contribution < -0.4 is 0 Å². The Bertz CT molecular complexity index is 317. The van der Waals surface area contributed by atoms with Crippen molar-refractivity contribution in [3.63, 3.8) is 0 Å². The molecule has 0 spiro atoms. The average Bonchev–Trinajstić information content (AvgIpc) is 2.35. The predicted molar refractivity (Wildman–Crippen MR) is 46.1 cm³/mol. The van der Waals surface area contributed by atoms with Gasteiger partial charge in [0.1, 0.15) is 12.2 Å². The highest BCUT2D eigenvalue weighted by molar-refractivity contribution is 5.73. The van der Waals surface area contributed by atoms with Crippen LogP contribution in [-0.2, 0) is 18.3 Å². The maximum Gasteiger partial charge on any atom is 0.309 e. The molecule has 0 saturated heterocycles. The third-order valence-corrected chi connectivity index (χ3v) is 1.98. The zero-order valence-electron chi connectivity index (χ0n) is 7.98. The SMILES string of the molecule is Cn1ncnc1CC(C)(C)C(=O)O. The summed E-state index contributed by atoms with van der Waals surface area (Å²) in [7, 11) is 1.75. The number of carbonyl (C=O) groups is 1. The van der Waals surface area contributed by atoms with Crippen LogP contribution in [0.5, 0.6) is 0 Å². The molecule has 0 aliphatic heterocycles. The van der Waals surface area contributed by atoms with Crippen molar-refractivity contribution in [2.75, 3.05) is 0 Å². The maximum atomic E-state index is 10.8. The summed E-state index contributed by atoms with van der Waals surface area (Å²) in [4.78, 5) is 14.8. The number of hydrogen-bond acceptors (Lipinski definition) is 3. The van der Waals surface area contributed by atoms with Crippen molar-refractivity contribution in [2.24, 2.45) is 12.5 Å². The fourth-order valence-electron chi connectivity index (χ4n) is 0.951. The number of nitrogens with zero attached hydrogens (tertiary/aromatic N) is 3. The Morgan fingerprint density at radius 1 is 1.69 bits per heavy atom. The molecular weight excluding hydrogens is 170 g/mol. The largest absolute Gasteiger partial charge is 0.481 e. The molecule has 0 aliphatic carbocycles.